The second kappa shape index (κ2) is 3.89. The van der Waals surface area contributed by atoms with E-state index in [4.69, 9.17) is 4.55 Å². The van der Waals surface area contributed by atoms with Crippen molar-refractivity contribution in [3.63, 3.8) is 0 Å². The smallest absolute Gasteiger partial charge is 0.264 e. The maximum atomic E-state index is 9.97. The van der Waals surface area contributed by atoms with Crippen LogP contribution in [0.2, 0.25) is 0 Å². The Labute approximate surface area is 60.8 Å². The molecule has 0 aliphatic carbocycles. The van der Waals surface area contributed by atoms with Crippen molar-refractivity contribution in [1.29, 1.82) is 0 Å². The molecule has 0 saturated carbocycles. The van der Waals surface area contributed by atoms with Crippen LogP contribution in [0.4, 0.5) is 0 Å². The van der Waals surface area contributed by atoms with Gasteiger partial charge < -0.3 is 0 Å². The van der Waals surface area contributed by atoms with E-state index in [0.717, 1.165) is 0 Å². The first-order valence-corrected chi connectivity index (χ1v) is 5.46. The number of hydrogen-bond acceptors (Lipinski definition) is 4. The van der Waals surface area contributed by atoms with Crippen LogP contribution in [0, 0.1) is 0 Å². The predicted molar refractivity (Wildman–Crippen MR) is 36.2 cm³/mol. The van der Waals surface area contributed by atoms with Crippen LogP contribution in [0.25, 0.3) is 0 Å². The lowest BCUT2D eigenvalue weighted by molar-refractivity contribution is 0.482. The Hall–Kier alpha value is -0.140. The fourth-order valence-electron chi connectivity index (χ4n) is 0.376. The van der Waals surface area contributed by atoms with E-state index in [2.05, 4.69) is 0 Å². The molecule has 0 aliphatic rings. The second-order valence-corrected chi connectivity index (χ2v) is 4.38. The van der Waals surface area contributed by atoms with Crippen molar-refractivity contribution in [3.8, 4) is 0 Å². The van der Waals surface area contributed by atoms with Crippen molar-refractivity contribution in [3.05, 3.63) is 0 Å². The standard InChI is InChI=1S/C3H8O5S2/c4-9(5)2-1-3-10(6,7)8/h9H,1-3H2,(H,6,7,8). The zero-order valence-electron chi connectivity index (χ0n) is 5.06. The van der Waals surface area contributed by atoms with Crippen LogP contribution in [0.1, 0.15) is 6.42 Å². The van der Waals surface area contributed by atoms with Gasteiger partial charge in [0, 0.05) is 5.75 Å². The maximum Gasteiger partial charge on any atom is 0.264 e. The molecule has 0 aliphatic heterocycles. The van der Waals surface area contributed by atoms with Crippen molar-refractivity contribution < 1.29 is 21.4 Å². The minimum atomic E-state index is -3.99. The zero-order valence-corrected chi connectivity index (χ0v) is 6.77. The molecule has 0 atom stereocenters. The summed E-state index contributed by atoms with van der Waals surface area (Å²) in [5.74, 6) is -0.689. The molecular formula is C3H8O5S2. The highest BCUT2D eigenvalue weighted by molar-refractivity contribution is 7.85. The Morgan fingerprint density at radius 1 is 1.30 bits per heavy atom. The number of rotatable bonds is 4. The topological polar surface area (TPSA) is 88.5 Å². The third-order valence-electron chi connectivity index (χ3n) is 0.743. The molecule has 7 heteroatoms. The minimum Gasteiger partial charge on any atom is -0.286 e. The Morgan fingerprint density at radius 2 is 1.80 bits per heavy atom. The molecule has 10 heavy (non-hydrogen) atoms. The fourth-order valence-corrected chi connectivity index (χ4v) is 1.52. The van der Waals surface area contributed by atoms with E-state index in [9.17, 15) is 16.8 Å². The van der Waals surface area contributed by atoms with Crippen LogP contribution in [0.5, 0.6) is 0 Å². The highest BCUT2D eigenvalue weighted by Crippen LogP contribution is 1.87. The maximum absolute atomic E-state index is 9.97. The monoisotopic (exact) mass is 188 g/mol. The Morgan fingerprint density at radius 3 is 2.10 bits per heavy atom. The van der Waals surface area contributed by atoms with Crippen LogP contribution >= 0.6 is 0 Å². The van der Waals surface area contributed by atoms with E-state index in [-0.39, 0.29) is 12.2 Å². The third-order valence-corrected chi connectivity index (χ3v) is 2.23. The largest absolute Gasteiger partial charge is 0.286 e. The second-order valence-electron chi connectivity index (χ2n) is 1.70. The molecule has 0 amide bonds. The molecule has 0 spiro atoms. The first-order chi connectivity index (χ1) is 4.42. The van der Waals surface area contributed by atoms with E-state index >= 15 is 0 Å². The highest BCUT2D eigenvalue weighted by atomic mass is 32.2. The van der Waals surface area contributed by atoms with E-state index in [1.807, 2.05) is 0 Å². The summed E-state index contributed by atoms with van der Waals surface area (Å²) in [5.41, 5.74) is 0. The molecule has 0 heterocycles. The molecule has 62 valence electrons. The number of thiol groups is 1. The quantitative estimate of drug-likeness (QED) is 0.431. The van der Waals surface area contributed by atoms with Gasteiger partial charge >= 0.3 is 0 Å². The van der Waals surface area contributed by atoms with Gasteiger partial charge in [-0.25, -0.2) is 8.42 Å². The lowest BCUT2D eigenvalue weighted by Crippen LogP contribution is -2.05. The molecule has 0 fully saturated rings. The first-order valence-electron chi connectivity index (χ1n) is 2.49. The molecule has 0 bridgehead atoms. The summed E-state index contributed by atoms with van der Waals surface area (Å²) in [6.45, 7) is 0. The van der Waals surface area contributed by atoms with Gasteiger partial charge in [0.1, 0.15) is 10.7 Å². The van der Waals surface area contributed by atoms with Crippen LogP contribution in [-0.4, -0.2) is 32.9 Å². The Bertz CT molecular complexity index is 240. The zero-order chi connectivity index (χ0) is 8.20. The third kappa shape index (κ3) is 7.86. The molecule has 5 nitrogen and oxygen atoms in total. The summed E-state index contributed by atoms with van der Waals surface area (Å²) in [7, 11) is -6.52. The highest BCUT2D eigenvalue weighted by Gasteiger charge is 2.02. The van der Waals surface area contributed by atoms with Crippen molar-refractivity contribution >= 4 is 20.8 Å². The molecule has 0 radical (unpaired) electrons. The van der Waals surface area contributed by atoms with E-state index < -0.39 is 26.6 Å². The van der Waals surface area contributed by atoms with Crippen LogP contribution < -0.4 is 0 Å². The molecule has 0 aromatic carbocycles. The summed E-state index contributed by atoms with van der Waals surface area (Å²) in [6, 6.07) is 0. The molecule has 0 aromatic heterocycles. The van der Waals surface area contributed by atoms with Crippen LogP contribution in [0.3, 0.4) is 0 Å². The summed E-state index contributed by atoms with van der Waals surface area (Å²) < 4.78 is 47.7. The van der Waals surface area contributed by atoms with Crippen molar-refractivity contribution in [2.24, 2.45) is 0 Å². The molecule has 0 saturated heterocycles. The first kappa shape index (κ1) is 9.86. The SMILES string of the molecule is O=[SH](=O)CCCS(=O)(=O)O. The van der Waals surface area contributed by atoms with E-state index in [1.54, 1.807) is 0 Å². The van der Waals surface area contributed by atoms with Crippen LogP contribution in [0.15, 0.2) is 0 Å². The predicted octanol–water partition coefficient (Wildman–Crippen LogP) is -1.12. The van der Waals surface area contributed by atoms with Crippen molar-refractivity contribution in [2.75, 3.05) is 11.5 Å². The lowest BCUT2D eigenvalue weighted by Gasteiger charge is -1.90. The van der Waals surface area contributed by atoms with Crippen molar-refractivity contribution in [1.82, 2.24) is 0 Å². The van der Waals surface area contributed by atoms with Gasteiger partial charge in [-0.3, -0.25) is 4.55 Å². The van der Waals surface area contributed by atoms with E-state index in [1.165, 1.54) is 0 Å². The van der Waals surface area contributed by atoms with Crippen molar-refractivity contribution in [2.45, 2.75) is 6.42 Å². The minimum absolute atomic E-state index is 0.0441. The lowest BCUT2D eigenvalue weighted by atomic mass is 10.6. The van der Waals surface area contributed by atoms with Gasteiger partial charge in [0.25, 0.3) is 10.1 Å². The molecule has 0 rings (SSSR count). The average molecular weight is 188 g/mol. The molecular weight excluding hydrogens is 180 g/mol. The Kier molecular flexibility index (Phi) is 3.84. The summed E-state index contributed by atoms with van der Waals surface area (Å²) in [5, 5.41) is 0. The van der Waals surface area contributed by atoms with Gasteiger partial charge in [-0.1, -0.05) is 0 Å². The number of hydrogen-bond donors (Lipinski definition) is 2. The van der Waals surface area contributed by atoms with Gasteiger partial charge in [-0.2, -0.15) is 8.42 Å². The molecule has 1 N–H and O–H groups in total. The summed E-state index contributed by atoms with van der Waals surface area (Å²) >= 11 is 0. The van der Waals surface area contributed by atoms with Gasteiger partial charge in [0.05, 0.1) is 5.75 Å². The Balaban J connectivity index is 3.59. The molecule has 0 unspecified atom stereocenters. The van der Waals surface area contributed by atoms with Crippen LogP contribution in [-0.2, 0) is 20.8 Å². The van der Waals surface area contributed by atoms with Gasteiger partial charge in [-0.15, -0.1) is 0 Å². The normalized spacial score (nSPS) is 12.2. The fraction of sp³-hybridized carbons (Fsp3) is 1.00. The van der Waals surface area contributed by atoms with Gasteiger partial charge in [0.15, 0.2) is 0 Å². The van der Waals surface area contributed by atoms with Gasteiger partial charge in [0.2, 0.25) is 0 Å². The molecule has 0 aromatic rings. The average Bonchev–Trinajstić information content (AvgIpc) is 1.59. The summed E-state index contributed by atoms with van der Waals surface area (Å²) in [6.07, 6.45) is -0.0441. The van der Waals surface area contributed by atoms with Gasteiger partial charge in [-0.05, 0) is 6.42 Å². The van der Waals surface area contributed by atoms with E-state index in [0.29, 0.717) is 0 Å². The summed E-state index contributed by atoms with van der Waals surface area (Å²) in [4.78, 5) is 0.